The van der Waals surface area contributed by atoms with E-state index in [2.05, 4.69) is 34.6 Å². The number of thiazole rings is 1. The minimum Gasteiger partial charge on any atom is -0.333 e. The summed E-state index contributed by atoms with van der Waals surface area (Å²) in [5.41, 5.74) is 3.26. The molecule has 1 aliphatic carbocycles. The monoisotopic (exact) mass is 343 g/mol. The van der Waals surface area contributed by atoms with Gasteiger partial charge in [-0.25, -0.2) is 4.98 Å². The molecule has 1 aromatic carbocycles. The van der Waals surface area contributed by atoms with Crippen LogP contribution in [0.1, 0.15) is 51.9 Å². The summed E-state index contributed by atoms with van der Waals surface area (Å²) in [5.74, 6) is 0.0350. The van der Waals surface area contributed by atoms with Crippen molar-refractivity contribution in [2.45, 2.75) is 38.1 Å². The second-order valence-corrected chi connectivity index (χ2v) is 7.30. The molecule has 1 amide bonds. The first-order chi connectivity index (χ1) is 11.7. The van der Waals surface area contributed by atoms with Gasteiger partial charge in [0.15, 0.2) is 0 Å². The molecular formula is C19H25N3OS. The molecule has 1 heterocycles. The van der Waals surface area contributed by atoms with E-state index in [0.717, 1.165) is 43.7 Å². The number of fused-ring (bicyclic) bond motifs is 1. The first-order valence-electron chi connectivity index (χ1n) is 8.64. The molecule has 1 N–H and O–H groups in total. The summed E-state index contributed by atoms with van der Waals surface area (Å²) in [6.45, 7) is 0.974. The molecular weight excluding hydrogens is 318 g/mol. The van der Waals surface area contributed by atoms with Gasteiger partial charge in [-0.2, -0.15) is 0 Å². The Hall–Kier alpha value is -1.72. The lowest BCUT2D eigenvalue weighted by atomic mass is 9.87. The largest absolute Gasteiger partial charge is 0.333 e. The molecule has 1 atom stereocenters. The fourth-order valence-electron chi connectivity index (χ4n) is 3.39. The van der Waals surface area contributed by atoms with Crippen molar-refractivity contribution in [2.75, 3.05) is 20.6 Å². The van der Waals surface area contributed by atoms with Crippen LogP contribution >= 0.6 is 11.3 Å². The highest BCUT2D eigenvalue weighted by Gasteiger charge is 2.28. The predicted molar refractivity (Wildman–Crippen MR) is 98.6 cm³/mol. The number of nitrogens with zero attached hydrogens (tertiary/aromatic N) is 2. The Morgan fingerprint density at radius 3 is 3.08 bits per heavy atom. The van der Waals surface area contributed by atoms with E-state index in [1.165, 1.54) is 11.1 Å². The first kappa shape index (κ1) is 17.1. The second kappa shape index (κ2) is 7.90. The Bertz CT molecular complexity index is 697. The zero-order chi connectivity index (χ0) is 16.9. The highest BCUT2D eigenvalue weighted by molar-refractivity contribution is 7.09. The van der Waals surface area contributed by atoms with E-state index < -0.39 is 0 Å². The van der Waals surface area contributed by atoms with E-state index in [0.29, 0.717) is 5.69 Å². The van der Waals surface area contributed by atoms with Crippen molar-refractivity contribution >= 4 is 17.2 Å². The van der Waals surface area contributed by atoms with Crippen LogP contribution in [0.25, 0.3) is 0 Å². The van der Waals surface area contributed by atoms with Gasteiger partial charge in [0.25, 0.3) is 5.91 Å². The fraction of sp³-hybridized carbons (Fsp3) is 0.474. The number of amides is 1. The third-order valence-electron chi connectivity index (χ3n) is 4.71. The molecule has 2 aromatic rings. The predicted octanol–water partition coefficient (Wildman–Crippen LogP) is 3.44. The summed E-state index contributed by atoms with van der Waals surface area (Å²) in [5, 5.41) is 6.09. The molecule has 0 spiro atoms. The maximum Gasteiger partial charge on any atom is 0.273 e. The Morgan fingerprint density at radius 2 is 2.25 bits per heavy atom. The van der Waals surface area contributed by atoms with Gasteiger partial charge in [-0.3, -0.25) is 4.79 Å². The summed E-state index contributed by atoms with van der Waals surface area (Å²) < 4.78 is 0. The lowest BCUT2D eigenvalue weighted by Crippen LogP contribution is -2.33. The van der Waals surface area contributed by atoms with Gasteiger partial charge in [-0.05, 0) is 50.4 Å². The van der Waals surface area contributed by atoms with Crippen LogP contribution in [0.15, 0.2) is 29.6 Å². The van der Waals surface area contributed by atoms with Crippen molar-refractivity contribution in [3.05, 3.63) is 51.5 Å². The molecule has 24 heavy (non-hydrogen) atoms. The fourth-order valence-corrected chi connectivity index (χ4v) is 4.21. The second-order valence-electron chi connectivity index (χ2n) is 6.36. The number of carbonyl (C=O) groups excluding carboxylic acids is 1. The van der Waals surface area contributed by atoms with Crippen LogP contribution in [-0.2, 0) is 12.8 Å². The van der Waals surface area contributed by atoms with Crippen molar-refractivity contribution in [1.29, 1.82) is 0 Å². The Kier molecular flexibility index (Phi) is 5.63. The number of hydrogen-bond donors (Lipinski definition) is 1. The maximum absolute atomic E-state index is 12.9. The van der Waals surface area contributed by atoms with Crippen LogP contribution in [0.2, 0.25) is 0 Å². The normalized spacial score (nSPS) is 16.7. The lowest BCUT2D eigenvalue weighted by Gasteiger charge is -2.33. The number of nitrogens with one attached hydrogen (secondary N) is 1. The highest BCUT2D eigenvalue weighted by Crippen LogP contribution is 2.34. The number of aromatic nitrogens is 1. The van der Waals surface area contributed by atoms with E-state index in [1.54, 1.807) is 11.3 Å². The lowest BCUT2D eigenvalue weighted by molar-refractivity contribution is 0.0709. The highest BCUT2D eigenvalue weighted by atomic mass is 32.1. The van der Waals surface area contributed by atoms with Crippen LogP contribution in [0.4, 0.5) is 0 Å². The quantitative estimate of drug-likeness (QED) is 0.817. The van der Waals surface area contributed by atoms with E-state index in [4.69, 9.17) is 0 Å². The standard InChI is InChI=1S/C19H25N3OS/c1-20-12-6-11-18-21-16(13-24-18)19(23)22(2)17-10-5-8-14-7-3-4-9-15(14)17/h3-4,7,9,13,17,20H,5-6,8,10-12H2,1-2H3/t17-/m1/s1. The van der Waals surface area contributed by atoms with Gasteiger partial charge in [-0.15, -0.1) is 11.3 Å². The van der Waals surface area contributed by atoms with Gasteiger partial charge in [-0.1, -0.05) is 24.3 Å². The summed E-state index contributed by atoms with van der Waals surface area (Å²) in [4.78, 5) is 19.3. The molecule has 0 saturated carbocycles. The summed E-state index contributed by atoms with van der Waals surface area (Å²) in [7, 11) is 3.86. The molecule has 0 saturated heterocycles. The number of aryl methyl sites for hydroxylation is 2. The van der Waals surface area contributed by atoms with Gasteiger partial charge >= 0.3 is 0 Å². The smallest absolute Gasteiger partial charge is 0.273 e. The average molecular weight is 343 g/mol. The molecule has 0 unspecified atom stereocenters. The molecule has 0 fully saturated rings. The maximum atomic E-state index is 12.9. The first-order valence-corrected chi connectivity index (χ1v) is 9.52. The number of benzene rings is 1. The summed E-state index contributed by atoms with van der Waals surface area (Å²) >= 11 is 1.59. The molecule has 0 radical (unpaired) electrons. The summed E-state index contributed by atoms with van der Waals surface area (Å²) in [6, 6.07) is 8.66. The minimum atomic E-state index is 0.0350. The van der Waals surface area contributed by atoms with Crippen molar-refractivity contribution in [1.82, 2.24) is 15.2 Å². The van der Waals surface area contributed by atoms with E-state index in [-0.39, 0.29) is 11.9 Å². The van der Waals surface area contributed by atoms with Crippen LogP contribution < -0.4 is 5.32 Å². The van der Waals surface area contributed by atoms with Gasteiger partial charge in [0, 0.05) is 18.8 Å². The Balaban J connectivity index is 1.71. The minimum absolute atomic E-state index is 0.0350. The van der Waals surface area contributed by atoms with Crippen molar-refractivity contribution in [3.63, 3.8) is 0 Å². The third-order valence-corrected chi connectivity index (χ3v) is 5.62. The molecule has 3 rings (SSSR count). The number of rotatable bonds is 6. The number of carbonyl (C=O) groups is 1. The third kappa shape index (κ3) is 3.68. The van der Waals surface area contributed by atoms with Gasteiger partial charge in [0.1, 0.15) is 5.69 Å². The molecule has 5 heteroatoms. The summed E-state index contributed by atoms with van der Waals surface area (Å²) in [6.07, 6.45) is 5.24. The molecule has 128 valence electrons. The van der Waals surface area contributed by atoms with E-state index >= 15 is 0 Å². The van der Waals surface area contributed by atoms with Gasteiger partial charge in [0.2, 0.25) is 0 Å². The van der Waals surface area contributed by atoms with Crippen LogP contribution in [0, 0.1) is 0 Å². The SMILES string of the molecule is CNCCCc1nc(C(=O)N(C)[C@@H]2CCCc3ccccc32)cs1. The molecule has 1 aromatic heterocycles. The zero-order valence-electron chi connectivity index (χ0n) is 14.4. The van der Waals surface area contributed by atoms with Crippen LogP contribution in [0.5, 0.6) is 0 Å². The van der Waals surface area contributed by atoms with E-state index in [9.17, 15) is 4.79 Å². The Morgan fingerprint density at radius 1 is 1.42 bits per heavy atom. The number of hydrogen-bond acceptors (Lipinski definition) is 4. The Labute approximate surface area is 147 Å². The van der Waals surface area contributed by atoms with Crippen LogP contribution in [0.3, 0.4) is 0 Å². The molecule has 4 nitrogen and oxygen atoms in total. The van der Waals surface area contributed by atoms with Crippen molar-refractivity contribution in [3.8, 4) is 0 Å². The molecule has 0 bridgehead atoms. The van der Waals surface area contributed by atoms with Crippen LogP contribution in [-0.4, -0.2) is 36.4 Å². The molecule has 0 aliphatic heterocycles. The molecule has 1 aliphatic rings. The van der Waals surface area contributed by atoms with Gasteiger partial charge < -0.3 is 10.2 Å². The average Bonchev–Trinajstić information content (AvgIpc) is 3.09. The van der Waals surface area contributed by atoms with Crippen molar-refractivity contribution in [2.24, 2.45) is 0 Å². The van der Waals surface area contributed by atoms with E-state index in [1.807, 2.05) is 24.4 Å². The van der Waals surface area contributed by atoms with Crippen molar-refractivity contribution < 1.29 is 4.79 Å². The topological polar surface area (TPSA) is 45.2 Å². The zero-order valence-corrected chi connectivity index (χ0v) is 15.2. The van der Waals surface area contributed by atoms with Gasteiger partial charge in [0.05, 0.1) is 11.0 Å².